The molecule has 3 saturated heterocycles. The van der Waals surface area contributed by atoms with E-state index in [1.165, 1.54) is 25.3 Å². The molecule has 14 heteroatoms. The monoisotopic (exact) mass is 675 g/mol. The summed E-state index contributed by atoms with van der Waals surface area (Å²) in [5, 5.41) is 2.58. The van der Waals surface area contributed by atoms with Crippen LogP contribution >= 0.6 is 11.6 Å². The van der Waals surface area contributed by atoms with E-state index in [1.807, 2.05) is 24.3 Å². The van der Waals surface area contributed by atoms with Gasteiger partial charge in [0.1, 0.15) is 6.04 Å². The average molecular weight is 676 g/mol. The van der Waals surface area contributed by atoms with Gasteiger partial charge in [0.05, 0.1) is 27.3 Å². The number of H-pyrrole nitrogens is 1. The summed E-state index contributed by atoms with van der Waals surface area (Å²) >= 11 is 6.11. The normalized spacial score (nSPS) is 19.7. The highest BCUT2D eigenvalue weighted by Gasteiger charge is 2.37. The van der Waals surface area contributed by atoms with Gasteiger partial charge in [-0.1, -0.05) is 30.2 Å². The number of rotatable bonds is 6. The Morgan fingerprint density at radius 1 is 0.936 bits per heavy atom. The molecule has 4 heterocycles. The van der Waals surface area contributed by atoms with Gasteiger partial charge in [-0.2, -0.15) is 13.2 Å². The van der Waals surface area contributed by atoms with E-state index in [0.717, 1.165) is 43.0 Å². The van der Waals surface area contributed by atoms with Gasteiger partial charge in [-0.05, 0) is 81.4 Å². The summed E-state index contributed by atoms with van der Waals surface area (Å²) in [6.45, 7) is 3.82. The number of nitrogens with zero attached hydrogens (tertiary/aromatic N) is 4. The van der Waals surface area contributed by atoms with Gasteiger partial charge >= 0.3 is 17.9 Å². The van der Waals surface area contributed by atoms with E-state index in [1.54, 1.807) is 14.4 Å². The quantitative estimate of drug-likeness (QED) is 0.317. The highest BCUT2D eigenvalue weighted by molar-refractivity contribution is 6.33. The van der Waals surface area contributed by atoms with Crippen molar-refractivity contribution >= 4 is 40.3 Å². The number of alkyl halides is 3. The molecule has 0 radical (unpaired) electrons. The van der Waals surface area contributed by atoms with Crippen molar-refractivity contribution in [2.75, 3.05) is 45.0 Å². The molecule has 0 aliphatic carbocycles. The van der Waals surface area contributed by atoms with Gasteiger partial charge in [0.2, 0.25) is 5.91 Å². The molecule has 3 aromatic rings. The van der Waals surface area contributed by atoms with Gasteiger partial charge in [0, 0.05) is 44.7 Å². The second-order valence-corrected chi connectivity index (χ2v) is 13.3. The van der Waals surface area contributed by atoms with Crippen molar-refractivity contribution in [1.82, 2.24) is 29.6 Å². The van der Waals surface area contributed by atoms with Crippen LogP contribution in [0.1, 0.15) is 62.1 Å². The second kappa shape index (κ2) is 13.8. The third kappa shape index (κ3) is 7.25. The van der Waals surface area contributed by atoms with E-state index in [9.17, 15) is 27.6 Å². The summed E-state index contributed by atoms with van der Waals surface area (Å²) in [5.41, 5.74) is 5.49. The number of likely N-dealkylation sites (tertiary alicyclic amines) is 3. The number of hydrogen-bond acceptors (Lipinski definition) is 5. The van der Waals surface area contributed by atoms with Crippen LogP contribution in [0.5, 0.6) is 0 Å². The number of nitrogens with one attached hydrogen (secondary N) is 2. The molecule has 3 aliphatic rings. The molecule has 3 amide bonds. The van der Waals surface area contributed by atoms with Crippen molar-refractivity contribution in [2.45, 2.75) is 75.7 Å². The van der Waals surface area contributed by atoms with Crippen LogP contribution in [-0.4, -0.2) is 87.5 Å². The molecule has 3 fully saturated rings. The predicted octanol–water partition coefficient (Wildman–Crippen LogP) is 5.02. The third-order valence-electron chi connectivity index (χ3n) is 9.95. The standard InChI is InChI=1S/C33H41ClF3N7O3/c34-25-19-21(18-24(29(25)38)33(35,36)37)20-27(30(45)42-14-8-22(9-15-42)41-12-4-1-5-13-41)40-31(46)43-16-10-23(11-17-43)44-28-7-3-2-6-26(28)39-32(44)47/h2-3,6-7,18-19,22-23,27H,1,4-5,8-17,20,38H2,(H,39,47)(H,40,46)/t27-/m1/s1. The predicted molar refractivity (Wildman–Crippen MR) is 174 cm³/mol. The van der Waals surface area contributed by atoms with Crippen molar-refractivity contribution in [2.24, 2.45) is 0 Å². The number of anilines is 1. The van der Waals surface area contributed by atoms with Crippen LogP contribution in [0, 0.1) is 0 Å². The summed E-state index contributed by atoms with van der Waals surface area (Å²) in [6.07, 6.45) is 1.33. The maximum absolute atomic E-state index is 14.0. The maximum atomic E-state index is 14.0. The van der Waals surface area contributed by atoms with Crippen molar-refractivity contribution in [1.29, 1.82) is 0 Å². The van der Waals surface area contributed by atoms with E-state index < -0.39 is 29.5 Å². The second-order valence-electron chi connectivity index (χ2n) is 12.9. The minimum atomic E-state index is -4.74. The number of fused-ring (bicyclic) bond motifs is 1. The molecule has 10 nitrogen and oxygen atoms in total. The number of hydrogen-bond donors (Lipinski definition) is 3. The lowest BCUT2D eigenvalue weighted by Crippen LogP contribution is -2.56. The van der Waals surface area contributed by atoms with E-state index in [0.29, 0.717) is 45.1 Å². The fourth-order valence-electron chi connectivity index (χ4n) is 7.42. The number of aromatic amines is 1. The molecular formula is C33H41ClF3N7O3. The molecule has 0 spiro atoms. The molecule has 0 saturated carbocycles. The fraction of sp³-hybridized carbons (Fsp3) is 0.545. The molecule has 4 N–H and O–H groups in total. The minimum Gasteiger partial charge on any atom is -0.397 e. The number of nitrogens with two attached hydrogens (primary N) is 1. The Balaban J connectivity index is 1.16. The van der Waals surface area contributed by atoms with Crippen LogP contribution in [0.2, 0.25) is 5.02 Å². The summed E-state index contributed by atoms with van der Waals surface area (Å²) in [5.74, 6) is -0.336. The van der Waals surface area contributed by atoms with E-state index in [-0.39, 0.29) is 34.6 Å². The molecule has 1 atom stereocenters. The highest BCUT2D eigenvalue weighted by Crippen LogP contribution is 2.38. The topological polar surface area (TPSA) is 120 Å². The number of para-hydroxylation sites is 2. The lowest BCUT2D eigenvalue weighted by atomic mass is 9.97. The Hall–Kier alpha value is -3.71. The Bertz CT molecular complexity index is 1650. The van der Waals surface area contributed by atoms with Crippen LogP contribution in [0.4, 0.5) is 23.7 Å². The number of aromatic nitrogens is 2. The minimum absolute atomic E-state index is 0.112. The molecule has 6 rings (SSSR count). The Labute approximate surface area is 276 Å². The van der Waals surface area contributed by atoms with Crippen LogP contribution in [0.25, 0.3) is 11.0 Å². The first-order valence-electron chi connectivity index (χ1n) is 16.4. The van der Waals surface area contributed by atoms with Crippen molar-refractivity contribution in [3.63, 3.8) is 0 Å². The van der Waals surface area contributed by atoms with Gasteiger partial charge in [0.25, 0.3) is 0 Å². The zero-order valence-corrected chi connectivity index (χ0v) is 27.0. The van der Waals surface area contributed by atoms with Gasteiger partial charge in [-0.3, -0.25) is 9.36 Å². The molecule has 0 unspecified atom stereocenters. The molecule has 1 aromatic heterocycles. The van der Waals surface area contributed by atoms with Crippen molar-refractivity contribution in [3.8, 4) is 0 Å². The zero-order valence-electron chi connectivity index (χ0n) is 26.2. The fourth-order valence-corrected chi connectivity index (χ4v) is 7.66. The highest BCUT2D eigenvalue weighted by atomic mass is 35.5. The number of benzene rings is 2. The van der Waals surface area contributed by atoms with Crippen LogP contribution < -0.4 is 16.7 Å². The summed E-state index contributed by atoms with van der Waals surface area (Å²) in [6, 6.07) is 8.37. The first-order valence-corrected chi connectivity index (χ1v) is 16.8. The molecule has 254 valence electrons. The number of carbonyl (C=O) groups excluding carboxylic acids is 2. The van der Waals surface area contributed by atoms with Crippen LogP contribution in [-0.2, 0) is 17.4 Å². The number of imidazole rings is 1. The van der Waals surface area contributed by atoms with Gasteiger partial charge < -0.3 is 30.7 Å². The number of amides is 3. The first kappa shape index (κ1) is 33.2. The number of carbonyl (C=O) groups is 2. The number of halogens is 4. The summed E-state index contributed by atoms with van der Waals surface area (Å²) < 4.78 is 43.0. The average Bonchev–Trinajstić information content (AvgIpc) is 3.41. The zero-order chi connectivity index (χ0) is 33.3. The van der Waals surface area contributed by atoms with Crippen LogP contribution in [0.3, 0.4) is 0 Å². The largest absolute Gasteiger partial charge is 0.418 e. The molecule has 3 aliphatic heterocycles. The summed E-state index contributed by atoms with van der Waals surface area (Å²) in [7, 11) is 0. The molecular weight excluding hydrogens is 635 g/mol. The SMILES string of the molecule is Nc1c(Cl)cc(C[C@@H](NC(=O)N2CCC(n3c(=O)[nH]c4ccccc43)CC2)C(=O)N2CCC(N3CCCCC3)CC2)cc1C(F)(F)F. The van der Waals surface area contributed by atoms with E-state index in [2.05, 4.69) is 15.2 Å². The van der Waals surface area contributed by atoms with Crippen LogP contribution in [0.15, 0.2) is 41.2 Å². The number of nitrogen functional groups attached to an aromatic ring is 1. The Kier molecular flexibility index (Phi) is 9.75. The number of urea groups is 1. The van der Waals surface area contributed by atoms with E-state index >= 15 is 0 Å². The maximum Gasteiger partial charge on any atom is 0.418 e. The molecule has 2 aromatic carbocycles. The van der Waals surface area contributed by atoms with E-state index in [4.69, 9.17) is 17.3 Å². The lowest BCUT2D eigenvalue weighted by molar-refractivity contribution is -0.137. The van der Waals surface area contributed by atoms with Crippen molar-refractivity contribution < 1.29 is 22.8 Å². The summed E-state index contributed by atoms with van der Waals surface area (Å²) in [4.78, 5) is 49.0. The Morgan fingerprint density at radius 2 is 1.57 bits per heavy atom. The lowest BCUT2D eigenvalue weighted by Gasteiger charge is -2.41. The van der Waals surface area contributed by atoms with Gasteiger partial charge in [-0.25, -0.2) is 9.59 Å². The van der Waals surface area contributed by atoms with Crippen molar-refractivity contribution in [3.05, 3.63) is 63.0 Å². The molecule has 47 heavy (non-hydrogen) atoms. The Morgan fingerprint density at radius 3 is 2.26 bits per heavy atom. The van der Waals surface area contributed by atoms with Gasteiger partial charge in [0.15, 0.2) is 0 Å². The third-order valence-corrected chi connectivity index (χ3v) is 10.3. The number of piperidine rings is 3. The smallest absolute Gasteiger partial charge is 0.397 e. The molecule has 0 bridgehead atoms. The van der Waals surface area contributed by atoms with Gasteiger partial charge in [-0.15, -0.1) is 0 Å². The first-order chi connectivity index (χ1) is 22.5.